The van der Waals surface area contributed by atoms with E-state index in [-0.39, 0.29) is 0 Å². The van der Waals surface area contributed by atoms with Crippen molar-refractivity contribution in [3.05, 3.63) is 72.8 Å². The second-order valence-corrected chi connectivity index (χ2v) is 5.15. The first-order chi connectivity index (χ1) is 11.8. The van der Waals surface area contributed by atoms with Crippen molar-refractivity contribution in [3.63, 3.8) is 0 Å². The van der Waals surface area contributed by atoms with Crippen LogP contribution < -0.4 is 5.43 Å². The Balaban J connectivity index is 1.76. The number of imidazole rings is 1. The van der Waals surface area contributed by atoms with Gasteiger partial charge in [-0.3, -0.25) is 5.43 Å². The Morgan fingerprint density at radius 2 is 1.75 bits per heavy atom. The summed E-state index contributed by atoms with van der Waals surface area (Å²) in [4.78, 5) is 13.1. The smallest absolute Gasteiger partial charge is 0.166 e. The van der Waals surface area contributed by atoms with Crippen LogP contribution in [-0.4, -0.2) is 19.6 Å². The molecule has 4 rings (SSSR count). The van der Waals surface area contributed by atoms with Crippen LogP contribution in [0.15, 0.2) is 67.1 Å². The van der Waals surface area contributed by atoms with Crippen LogP contribution in [0.3, 0.4) is 0 Å². The Kier molecular flexibility index (Phi) is 3.37. The first-order valence-corrected chi connectivity index (χ1v) is 7.37. The maximum atomic E-state index is 9.28. The number of nitriles is 1. The van der Waals surface area contributed by atoms with Crippen molar-refractivity contribution < 1.29 is 0 Å². The van der Waals surface area contributed by atoms with Gasteiger partial charge in [0.15, 0.2) is 11.5 Å². The van der Waals surface area contributed by atoms with Gasteiger partial charge in [0.05, 0.1) is 17.2 Å². The monoisotopic (exact) mass is 312 g/mol. The zero-order chi connectivity index (χ0) is 16.4. The molecule has 0 aliphatic heterocycles. The highest BCUT2D eigenvalue weighted by Gasteiger charge is 2.10. The van der Waals surface area contributed by atoms with E-state index in [2.05, 4.69) is 26.4 Å². The summed E-state index contributed by atoms with van der Waals surface area (Å²) >= 11 is 0. The maximum Gasteiger partial charge on any atom is 0.166 e. The van der Waals surface area contributed by atoms with Crippen LogP contribution in [0.2, 0.25) is 0 Å². The van der Waals surface area contributed by atoms with E-state index in [0.717, 1.165) is 16.6 Å². The highest BCUT2D eigenvalue weighted by Crippen LogP contribution is 2.21. The standard InChI is InChI=1S/C18H12N6/c19-10-15-18(13-6-2-1-3-7-13)22-17(11-20-15)23-24-12-21-14-8-4-5-9-16(14)24/h1-9,11-12H,(H,22,23). The average molecular weight is 312 g/mol. The van der Waals surface area contributed by atoms with Crippen molar-refractivity contribution in [2.24, 2.45) is 0 Å². The maximum absolute atomic E-state index is 9.28. The number of benzene rings is 2. The first-order valence-electron chi connectivity index (χ1n) is 7.37. The molecule has 0 aliphatic carbocycles. The molecule has 0 bridgehead atoms. The van der Waals surface area contributed by atoms with Gasteiger partial charge in [0.1, 0.15) is 18.1 Å². The minimum absolute atomic E-state index is 0.294. The molecular formula is C18H12N6. The summed E-state index contributed by atoms with van der Waals surface area (Å²) in [6.07, 6.45) is 3.23. The number of nitrogens with one attached hydrogen (secondary N) is 1. The number of aromatic nitrogens is 4. The Morgan fingerprint density at radius 3 is 2.58 bits per heavy atom. The second kappa shape index (κ2) is 5.82. The topological polar surface area (TPSA) is 79.4 Å². The molecule has 2 heterocycles. The normalized spacial score (nSPS) is 10.5. The Bertz CT molecular complexity index is 1050. The Morgan fingerprint density at radius 1 is 0.958 bits per heavy atom. The zero-order valence-corrected chi connectivity index (χ0v) is 12.6. The van der Waals surface area contributed by atoms with Gasteiger partial charge < -0.3 is 0 Å². The van der Waals surface area contributed by atoms with Crippen LogP contribution in [0.25, 0.3) is 22.3 Å². The summed E-state index contributed by atoms with van der Waals surface area (Å²) in [5.74, 6) is 0.538. The lowest BCUT2D eigenvalue weighted by Crippen LogP contribution is -2.10. The van der Waals surface area contributed by atoms with Gasteiger partial charge in [-0.05, 0) is 12.1 Å². The molecule has 0 fully saturated rings. The van der Waals surface area contributed by atoms with Crippen molar-refractivity contribution in [2.45, 2.75) is 0 Å². The largest absolute Gasteiger partial charge is 0.275 e. The number of nitrogens with zero attached hydrogens (tertiary/aromatic N) is 5. The van der Waals surface area contributed by atoms with E-state index < -0.39 is 0 Å². The number of hydrogen-bond acceptors (Lipinski definition) is 5. The highest BCUT2D eigenvalue weighted by atomic mass is 15.4. The molecule has 6 heteroatoms. The van der Waals surface area contributed by atoms with E-state index in [1.54, 1.807) is 17.2 Å². The summed E-state index contributed by atoms with van der Waals surface area (Å²) in [5.41, 5.74) is 6.67. The highest BCUT2D eigenvalue weighted by molar-refractivity contribution is 5.75. The fourth-order valence-electron chi connectivity index (χ4n) is 2.49. The van der Waals surface area contributed by atoms with Crippen LogP contribution in [-0.2, 0) is 0 Å². The Labute approximate surface area is 138 Å². The summed E-state index contributed by atoms with van der Waals surface area (Å²) in [6, 6.07) is 19.4. The second-order valence-electron chi connectivity index (χ2n) is 5.15. The van der Waals surface area contributed by atoms with Crippen LogP contribution in [0.5, 0.6) is 0 Å². The summed E-state index contributed by atoms with van der Waals surface area (Å²) in [6.45, 7) is 0. The van der Waals surface area contributed by atoms with Gasteiger partial charge in [0.2, 0.25) is 0 Å². The zero-order valence-electron chi connectivity index (χ0n) is 12.6. The molecular weight excluding hydrogens is 300 g/mol. The third-order valence-electron chi connectivity index (χ3n) is 3.61. The van der Waals surface area contributed by atoms with E-state index in [4.69, 9.17) is 0 Å². The minimum Gasteiger partial charge on any atom is -0.275 e. The van der Waals surface area contributed by atoms with Crippen LogP contribution in [0.1, 0.15) is 5.69 Å². The molecule has 2 aromatic carbocycles. The van der Waals surface area contributed by atoms with Crippen LogP contribution in [0, 0.1) is 11.3 Å². The summed E-state index contributed by atoms with van der Waals surface area (Å²) in [7, 11) is 0. The van der Waals surface area contributed by atoms with Crippen molar-refractivity contribution in [2.75, 3.05) is 5.43 Å². The van der Waals surface area contributed by atoms with Gasteiger partial charge in [-0.15, -0.1) is 0 Å². The molecule has 0 unspecified atom stereocenters. The summed E-state index contributed by atoms with van der Waals surface area (Å²) in [5, 5.41) is 9.28. The van der Waals surface area contributed by atoms with Crippen LogP contribution in [0.4, 0.5) is 5.82 Å². The number of hydrogen-bond donors (Lipinski definition) is 1. The van der Waals surface area contributed by atoms with Gasteiger partial charge in [0, 0.05) is 5.56 Å². The predicted octanol–water partition coefficient (Wildman–Crippen LogP) is 3.24. The van der Waals surface area contributed by atoms with Gasteiger partial charge in [-0.2, -0.15) is 5.26 Å². The van der Waals surface area contributed by atoms with Crippen molar-refractivity contribution >= 4 is 16.9 Å². The fourth-order valence-corrected chi connectivity index (χ4v) is 2.49. The molecule has 4 aromatic rings. The molecule has 0 radical (unpaired) electrons. The molecule has 0 amide bonds. The molecule has 114 valence electrons. The van der Waals surface area contributed by atoms with Crippen LogP contribution >= 0.6 is 0 Å². The molecule has 0 saturated heterocycles. The molecule has 2 aromatic heterocycles. The minimum atomic E-state index is 0.294. The molecule has 6 nitrogen and oxygen atoms in total. The van der Waals surface area contributed by atoms with E-state index >= 15 is 0 Å². The summed E-state index contributed by atoms with van der Waals surface area (Å²) < 4.78 is 1.78. The van der Waals surface area contributed by atoms with Crippen molar-refractivity contribution in [1.29, 1.82) is 5.26 Å². The van der Waals surface area contributed by atoms with Gasteiger partial charge >= 0.3 is 0 Å². The number of rotatable bonds is 3. The van der Waals surface area contributed by atoms with E-state index in [0.29, 0.717) is 17.2 Å². The third-order valence-corrected chi connectivity index (χ3v) is 3.61. The lowest BCUT2D eigenvalue weighted by molar-refractivity contribution is 0.961. The van der Waals surface area contributed by atoms with Gasteiger partial charge in [0.25, 0.3) is 0 Å². The average Bonchev–Trinajstić information content (AvgIpc) is 3.05. The third kappa shape index (κ3) is 2.44. The lowest BCUT2D eigenvalue weighted by Gasteiger charge is -2.09. The molecule has 0 aliphatic rings. The number of para-hydroxylation sites is 2. The van der Waals surface area contributed by atoms with Gasteiger partial charge in [-0.25, -0.2) is 19.6 Å². The van der Waals surface area contributed by atoms with Gasteiger partial charge in [-0.1, -0.05) is 42.5 Å². The molecule has 0 spiro atoms. The SMILES string of the molecule is N#Cc1ncc(Nn2cnc3ccccc32)nc1-c1ccccc1. The quantitative estimate of drug-likeness (QED) is 0.628. The fraction of sp³-hybridized carbons (Fsp3) is 0. The van der Waals surface area contributed by atoms with Crippen molar-refractivity contribution in [1.82, 2.24) is 19.6 Å². The molecule has 24 heavy (non-hydrogen) atoms. The van der Waals surface area contributed by atoms with Crippen molar-refractivity contribution in [3.8, 4) is 17.3 Å². The molecule has 0 atom stereocenters. The van der Waals surface area contributed by atoms with E-state index in [9.17, 15) is 5.26 Å². The van der Waals surface area contributed by atoms with E-state index in [1.807, 2.05) is 54.6 Å². The number of fused-ring (bicyclic) bond motifs is 1. The Hall–Kier alpha value is -3.72. The molecule has 1 N–H and O–H groups in total. The first kappa shape index (κ1) is 13.9. The lowest BCUT2D eigenvalue weighted by atomic mass is 10.1. The van der Waals surface area contributed by atoms with E-state index in [1.165, 1.54) is 0 Å². The molecule has 0 saturated carbocycles. The number of anilines is 1. The predicted molar refractivity (Wildman–Crippen MR) is 90.9 cm³/mol.